The van der Waals surface area contributed by atoms with Crippen LogP contribution in [-0.2, 0) is 0 Å². The summed E-state index contributed by atoms with van der Waals surface area (Å²) < 4.78 is 19.0. The molecule has 51 valence electrons. The van der Waals surface area contributed by atoms with Gasteiger partial charge in [0.15, 0.2) is 0 Å². The van der Waals surface area contributed by atoms with E-state index in [1.165, 1.54) is 0 Å². The summed E-state index contributed by atoms with van der Waals surface area (Å²) in [5, 5.41) is 0. The molecule has 0 amide bonds. The van der Waals surface area contributed by atoms with Gasteiger partial charge in [-0.05, 0) is 12.1 Å². The van der Waals surface area contributed by atoms with E-state index in [4.69, 9.17) is 0 Å². The zero-order chi connectivity index (χ0) is 6.24. The monoisotopic (exact) mass is 132 g/mol. The summed E-state index contributed by atoms with van der Waals surface area (Å²) in [5.41, 5.74) is 0. The molecule has 1 aromatic heterocycles. The molecular weight excluding hydrogens is 123 g/mol. The lowest BCUT2D eigenvalue weighted by Crippen LogP contribution is -1.45. The summed E-state index contributed by atoms with van der Waals surface area (Å²) >= 11 is 0. The van der Waals surface area contributed by atoms with E-state index >= 15 is 0 Å². The van der Waals surface area contributed by atoms with E-state index in [0.29, 0.717) is 0 Å². The first-order chi connectivity index (χ1) is 3.91. The molecule has 0 aliphatic heterocycles. The Balaban J connectivity index is 0. The highest BCUT2D eigenvalue weighted by atomic mass is 19.2. The quantitative estimate of drug-likeness (QED) is 0.520. The Morgan fingerprint density at radius 2 is 1.44 bits per heavy atom. The van der Waals surface area contributed by atoms with Crippen LogP contribution in [0.3, 0.4) is 0 Å². The molecule has 0 fully saturated rings. The molecule has 1 rings (SSSR count). The Labute approximate surface area is 54.4 Å². The zero-order valence-corrected chi connectivity index (χ0v) is 4.14. The number of aromatic nitrogens is 1. The van der Waals surface area contributed by atoms with Crippen LogP contribution in [0.25, 0.3) is 0 Å². The Hall–Kier alpha value is -0.795. The van der Waals surface area contributed by atoms with Crippen LogP contribution in [0.4, 0.5) is 8.63 Å². The van der Waals surface area contributed by atoms with E-state index in [0.717, 1.165) is 0 Å². The van der Waals surface area contributed by atoms with Crippen molar-refractivity contribution in [3.05, 3.63) is 24.5 Å². The highest BCUT2D eigenvalue weighted by Gasteiger charge is 1.62. The van der Waals surface area contributed by atoms with E-state index in [-0.39, 0.29) is 7.43 Å². The van der Waals surface area contributed by atoms with Gasteiger partial charge in [0.05, 0.1) is 0 Å². The van der Waals surface area contributed by atoms with Gasteiger partial charge in [-0.3, -0.25) is 8.63 Å². The normalized spacial score (nSPS) is 6.00. The lowest BCUT2D eigenvalue weighted by atomic mass is 10.6. The predicted molar refractivity (Wildman–Crippen MR) is 35.5 cm³/mol. The second-order valence-electron chi connectivity index (χ2n) is 0.967. The summed E-state index contributed by atoms with van der Waals surface area (Å²) in [6.45, 7) is 0. The number of rotatable bonds is 0. The molecule has 0 bridgehead atoms. The molecule has 0 unspecified atom stereocenters. The van der Waals surface area contributed by atoms with Crippen molar-refractivity contribution >= 4 is 7.83 Å². The van der Waals surface area contributed by atoms with Gasteiger partial charge >= 0.3 is 7.83 Å². The third-order valence-electron chi connectivity index (χ3n) is 0.496. The molecule has 4 heteroatoms. The molecule has 0 aliphatic rings. The minimum absolute atomic E-state index is 0. The number of nitrogens with one attached hydrogen (secondary N) is 1. The summed E-state index contributed by atoms with van der Waals surface area (Å²) in [6.07, 6.45) is 3.75. The second kappa shape index (κ2) is 10.2. The number of hydrogen-bond acceptors (Lipinski definition) is 0. The van der Waals surface area contributed by atoms with Crippen LogP contribution in [0.2, 0.25) is 0 Å². The standard InChI is InChI=1S/C4H5N.CH4.BF2/c1-2-4-5-3-1;;2-1-3/h1-5H;1H4;. The van der Waals surface area contributed by atoms with E-state index < -0.39 is 7.83 Å². The zero-order valence-electron chi connectivity index (χ0n) is 4.14. The van der Waals surface area contributed by atoms with Gasteiger partial charge in [0.2, 0.25) is 0 Å². The van der Waals surface area contributed by atoms with Crippen molar-refractivity contribution in [3.8, 4) is 0 Å². The van der Waals surface area contributed by atoms with Crippen molar-refractivity contribution in [1.29, 1.82) is 0 Å². The van der Waals surface area contributed by atoms with Crippen molar-refractivity contribution in [3.63, 3.8) is 0 Å². The molecule has 1 heterocycles. The van der Waals surface area contributed by atoms with Gasteiger partial charge in [-0.25, -0.2) is 0 Å². The Bertz CT molecular complexity index is 81.9. The molecule has 0 spiro atoms. The third kappa shape index (κ3) is 11.0. The maximum Gasteiger partial charge on any atom is 0.577 e. The number of halogens is 2. The van der Waals surface area contributed by atoms with Gasteiger partial charge in [0.25, 0.3) is 0 Å². The molecule has 1 radical (unpaired) electrons. The molecule has 0 saturated heterocycles. The second-order valence-corrected chi connectivity index (χ2v) is 0.967. The molecule has 9 heavy (non-hydrogen) atoms. The highest BCUT2D eigenvalue weighted by Crippen LogP contribution is 1.72. The van der Waals surface area contributed by atoms with Crippen molar-refractivity contribution in [2.45, 2.75) is 7.43 Å². The average Bonchev–Trinajstić information content (AvgIpc) is 2.17. The van der Waals surface area contributed by atoms with Crippen LogP contribution in [0, 0.1) is 0 Å². The van der Waals surface area contributed by atoms with Gasteiger partial charge in [0, 0.05) is 12.4 Å². The van der Waals surface area contributed by atoms with E-state index in [9.17, 15) is 8.63 Å². The molecule has 0 saturated carbocycles. The summed E-state index contributed by atoms with van der Waals surface area (Å²) in [6, 6.07) is 3.89. The van der Waals surface area contributed by atoms with Crippen molar-refractivity contribution in [2.24, 2.45) is 0 Å². The molecule has 1 aromatic rings. The lowest BCUT2D eigenvalue weighted by molar-refractivity contribution is 0.712. The van der Waals surface area contributed by atoms with E-state index in [1.807, 2.05) is 24.5 Å². The minimum atomic E-state index is -1.00. The molecule has 1 N–H and O–H groups in total. The van der Waals surface area contributed by atoms with E-state index in [1.54, 1.807) is 0 Å². The van der Waals surface area contributed by atoms with Gasteiger partial charge in [-0.1, -0.05) is 7.43 Å². The Kier molecular flexibility index (Phi) is 12.6. The molecule has 1 nitrogen and oxygen atoms in total. The van der Waals surface area contributed by atoms with Gasteiger partial charge in [-0.15, -0.1) is 0 Å². The van der Waals surface area contributed by atoms with Crippen molar-refractivity contribution in [1.82, 2.24) is 4.98 Å². The molecule has 0 atom stereocenters. The smallest absolute Gasteiger partial charge is 0.368 e. The molecular formula is C5H9BF2N. The fraction of sp³-hybridized carbons (Fsp3) is 0.200. The first-order valence-corrected chi connectivity index (χ1v) is 2.01. The van der Waals surface area contributed by atoms with E-state index in [2.05, 4.69) is 4.98 Å². The summed E-state index contributed by atoms with van der Waals surface area (Å²) in [5.74, 6) is 0. The molecule has 0 aliphatic carbocycles. The van der Waals surface area contributed by atoms with Crippen LogP contribution < -0.4 is 0 Å². The van der Waals surface area contributed by atoms with Crippen LogP contribution >= 0.6 is 0 Å². The van der Waals surface area contributed by atoms with Crippen LogP contribution in [0.5, 0.6) is 0 Å². The van der Waals surface area contributed by atoms with Gasteiger partial charge in [0.1, 0.15) is 0 Å². The minimum Gasteiger partial charge on any atom is -0.368 e. The predicted octanol–water partition coefficient (Wildman–Crippen LogP) is 2.11. The fourth-order valence-electron chi connectivity index (χ4n) is 0.278. The maximum atomic E-state index is 9.50. The molecule has 0 aromatic carbocycles. The van der Waals surface area contributed by atoms with Crippen LogP contribution in [0.1, 0.15) is 7.43 Å². The summed E-state index contributed by atoms with van der Waals surface area (Å²) in [7, 11) is -1.00. The lowest BCUT2D eigenvalue weighted by Gasteiger charge is -1.49. The van der Waals surface area contributed by atoms with Crippen LogP contribution in [0.15, 0.2) is 24.5 Å². The fourth-order valence-corrected chi connectivity index (χ4v) is 0.278. The van der Waals surface area contributed by atoms with Gasteiger partial charge < -0.3 is 4.98 Å². The highest BCUT2D eigenvalue weighted by molar-refractivity contribution is 6.15. The van der Waals surface area contributed by atoms with Crippen LogP contribution in [-0.4, -0.2) is 12.8 Å². The Morgan fingerprint density at radius 3 is 1.56 bits per heavy atom. The maximum absolute atomic E-state index is 9.50. The van der Waals surface area contributed by atoms with Crippen molar-refractivity contribution < 1.29 is 8.63 Å². The number of hydrogen-bond donors (Lipinski definition) is 1. The van der Waals surface area contributed by atoms with Gasteiger partial charge in [-0.2, -0.15) is 0 Å². The first kappa shape index (κ1) is 11.1. The SMILES string of the molecule is C.F[B]F.c1cc[nH]c1. The van der Waals surface area contributed by atoms with Crippen molar-refractivity contribution in [2.75, 3.05) is 0 Å². The topological polar surface area (TPSA) is 15.8 Å². The third-order valence-corrected chi connectivity index (χ3v) is 0.496. The number of aromatic amines is 1. The first-order valence-electron chi connectivity index (χ1n) is 2.01. The number of H-pyrrole nitrogens is 1. The summed E-state index contributed by atoms with van der Waals surface area (Å²) in [4.78, 5) is 2.86. The Morgan fingerprint density at radius 1 is 1.11 bits per heavy atom. The average molecular weight is 132 g/mol. The largest absolute Gasteiger partial charge is 0.577 e.